The molecule has 1 aromatic heterocycles. The summed E-state index contributed by atoms with van der Waals surface area (Å²) in [7, 11) is 0. The van der Waals surface area contributed by atoms with Gasteiger partial charge in [-0.3, -0.25) is 0 Å². The smallest absolute Gasteiger partial charge is 0.0765 e. The first kappa shape index (κ1) is 13.3. The standard InChI is InChI=1S/C17H15BrN2/c1-11-6-8-12(9-7-11)16(19)17-14(18)10-13-4-2-3-5-15(13)20-17/h2-10,16H,19H2,1H3. The molecule has 0 saturated heterocycles. The minimum Gasteiger partial charge on any atom is -0.319 e. The van der Waals surface area contributed by atoms with Crippen molar-refractivity contribution < 1.29 is 0 Å². The molecular formula is C17H15BrN2. The van der Waals surface area contributed by atoms with Crippen molar-refractivity contribution >= 4 is 26.8 Å². The fourth-order valence-corrected chi connectivity index (χ4v) is 2.84. The van der Waals surface area contributed by atoms with E-state index in [1.807, 2.05) is 24.3 Å². The quantitative estimate of drug-likeness (QED) is 0.760. The Morgan fingerprint density at radius 1 is 1.05 bits per heavy atom. The lowest BCUT2D eigenvalue weighted by molar-refractivity contribution is 0.829. The van der Waals surface area contributed by atoms with Crippen LogP contribution in [0.25, 0.3) is 10.9 Å². The minimum atomic E-state index is -0.227. The van der Waals surface area contributed by atoms with Crippen LogP contribution in [0.4, 0.5) is 0 Å². The summed E-state index contributed by atoms with van der Waals surface area (Å²) in [6.45, 7) is 2.07. The molecule has 3 rings (SSSR count). The lowest BCUT2D eigenvalue weighted by Gasteiger charge is -2.14. The van der Waals surface area contributed by atoms with Crippen molar-refractivity contribution in [3.8, 4) is 0 Å². The van der Waals surface area contributed by atoms with E-state index in [1.54, 1.807) is 0 Å². The van der Waals surface area contributed by atoms with Gasteiger partial charge in [0, 0.05) is 9.86 Å². The molecule has 0 bridgehead atoms. The molecule has 0 amide bonds. The van der Waals surface area contributed by atoms with Crippen LogP contribution in [0.15, 0.2) is 59.1 Å². The van der Waals surface area contributed by atoms with Crippen molar-refractivity contribution in [2.45, 2.75) is 13.0 Å². The third kappa shape index (κ3) is 2.47. The zero-order valence-electron chi connectivity index (χ0n) is 11.2. The van der Waals surface area contributed by atoms with Gasteiger partial charge in [-0.05, 0) is 40.5 Å². The Hall–Kier alpha value is -1.71. The number of halogens is 1. The van der Waals surface area contributed by atoms with Gasteiger partial charge < -0.3 is 5.73 Å². The molecule has 1 unspecified atom stereocenters. The van der Waals surface area contributed by atoms with Gasteiger partial charge >= 0.3 is 0 Å². The highest BCUT2D eigenvalue weighted by Crippen LogP contribution is 2.28. The largest absolute Gasteiger partial charge is 0.319 e. The van der Waals surface area contributed by atoms with E-state index in [0.29, 0.717) is 0 Å². The number of aryl methyl sites for hydroxylation is 1. The molecule has 100 valence electrons. The summed E-state index contributed by atoms with van der Waals surface area (Å²) < 4.78 is 0.948. The van der Waals surface area contributed by atoms with E-state index in [1.165, 1.54) is 5.56 Å². The van der Waals surface area contributed by atoms with Crippen LogP contribution in [0.2, 0.25) is 0 Å². The van der Waals surface area contributed by atoms with E-state index in [-0.39, 0.29) is 6.04 Å². The first-order chi connectivity index (χ1) is 9.65. The second kappa shape index (κ2) is 5.35. The number of fused-ring (bicyclic) bond motifs is 1. The van der Waals surface area contributed by atoms with Gasteiger partial charge in [-0.1, -0.05) is 48.0 Å². The molecule has 0 aliphatic heterocycles. The highest BCUT2D eigenvalue weighted by atomic mass is 79.9. The highest BCUT2D eigenvalue weighted by molar-refractivity contribution is 9.10. The van der Waals surface area contributed by atoms with Crippen LogP contribution in [-0.4, -0.2) is 4.98 Å². The Labute approximate surface area is 126 Å². The Bertz CT molecular complexity index is 751. The SMILES string of the molecule is Cc1ccc(C(N)c2nc3ccccc3cc2Br)cc1. The summed E-state index contributed by atoms with van der Waals surface area (Å²) in [6.07, 6.45) is 0. The summed E-state index contributed by atoms with van der Waals surface area (Å²) in [5.41, 5.74) is 10.5. The van der Waals surface area contributed by atoms with Crippen molar-refractivity contribution in [2.24, 2.45) is 5.73 Å². The molecule has 0 aliphatic rings. The van der Waals surface area contributed by atoms with Gasteiger partial charge in [0.1, 0.15) is 0 Å². The number of rotatable bonds is 2. The lowest BCUT2D eigenvalue weighted by Crippen LogP contribution is -2.14. The molecule has 0 aliphatic carbocycles. The van der Waals surface area contributed by atoms with E-state index in [9.17, 15) is 0 Å². The van der Waals surface area contributed by atoms with Crippen molar-refractivity contribution in [1.29, 1.82) is 0 Å². The molecule has 2 aromatic carbocycles. The number of hydrogen-bond donors (Lipinski definition) is 1. The van der Waals surface area contributed by atoms with Crippen LogP contribution in [0.1, 0.15) is 22.9 Å². The summed E-state index contributed by atoms with van der Waals surface area (Å²) in [4.78, 5) is 4.70. The maximum Gasteiger partial charge on any atom is 0.0765 e. The van der Waals surface area contributed by atoms with Crippen LogP contribution in [0, 0.1) is 6.92 Å². The molecule has 0 saturated carbocycles. The van der Waals surface area contributed by atoms with E-state index >= 15 is 0 Å². The summed E-state index contributed by atoms with van der Waals surface area (Å²) >= 11 is 3.59. The Kier molecular flexibility index (Phi) is 3.55. The third-order valence-electron chi connectivity index (χ3n) is 3.44. The lowest BCUT2D eigenvalue weighted by atomic mass is 10.0. The number of aromatic nitrogens is 1. The Morgan fingerprint density at radius 2 is 1.75 bits per heavy atom. The van der Waals surface area contributed by atoms with Crippen LogP contribution < -0.4 is 5.73 Å². The molecule has 0 spiro atoms. The highest BCUT2D eigenvalue weighted by Gasteiger charge is 2.14. The van der Waals surface area contributed by atoms with Crippen molar-refractivity contribution in [1.82, 2.24) is 4.98 Å². The van der Waals surface area contributed by atoms with Gasteiger partial charge in [-0.2, -0.15) is 0 Å². The molecular weight excluding hydrogens is 312 g/mol. The maximum absolute atomic E-state index is 6.37. The molecule has 1 atom stereocenters. The second-order valence-corrected chi connectivity index (χ2v) is 5.79. The zero-order chi connectivity index (χ0) is 14.1. The Morgan fingerprint density at radius 3 is 2.50 bits per heavy atom. The fourth-order valence-electron chi connectivity index (χ4n) is 2.25. The first-order valence-corrected chi connectivity index (χ1v) is 7.32. The zero-order valence-corrected chi connectivity index (χ0v) is 12.8. The number of benzene rings is 2. The minimum absolute atomic E-state index is 0.227. The van der Waals surface area contributed by atoms with Gasteiger partial charge in [-0.25, -0.2) is 4.98 Å². The van der Waals surface area contributed by atoms with Crippen LogP contribution >= 0.6 is 15.9 Å². The predicted octanol–water partition coefficient (Wildman–Crippen LogP) is 4.35. The van der Waals surface area contributed by atoms with Crippen molar-refractivity contribution in [3.63, 3.8) is 0 Å². The van der Waals surface area contributed by atoms with Crippen molar-refractivity contribution in [3.05, 3.63) is 75.9 Å². The fraction of sp³-hybridized carbons (Fsp3) is 0.118. The molecule has 3 aromatic rings. The van der Waals surface area contributed by atoms with Gasteiger partial charge in [0.05, 0.1) is 17.3 Å². The van der Waals surface area contributed by atoms with Crippen LogP contribution in [0.5, 0.6) is 0 Å². The monoisotopic (exact) mass is 326 g/mol. The van der Waals surface area contributed by atoms with Crippen LogP contribution in [-0.2, 0) is 0 Å². The predicted molar refractivity (Wildman–Crippen MR) is 86.7 cm³/mol. The van der Waals surface area contributed by atoms with Crippen LogP contribution in [0.3, 0.4) is 0 Å². The topological polar surface area (TPSA) is 38.9 Å². The average molecular weight is 327 g/mol. The number of nitrogens with zero attached hydrogens (tertiary/aromatic N) is 1. The van der Waals surface area contributed by atoms with E-state index in [2.05, 4.69) is 53.2 Å². The molecule has 1 heterocycles. The van der Waals surface area contributed by atoms with E-state index in [4.69, 9.17) is 10.7 Å². The van der Waals surface area contributed by atoms with Gasteiger partial charge in [0.2, 0.25) is 0 Å². The van der Waals surface area contributed by atoms with Gasteiger partial charge in [-0.15, -0.1) is 0 Å². The second-order valence-electron chi connectivity index (χ2n) is 4.94. The maximum atomic E-state index is 6.37. The molecule has 2 N–H and O–H groups in total. The Balaban J connectivity index is 2.08. The molecule has 3 heteroatoms. The number of hydrogen-bond acceptors (Lipinski definition) is 2. The normalized spacial score (nSPS) is 12.6. The van der Waals surface area contributed by atoms with Crippen molar-refractivity contribution in [2.75, 3.05) is 0 Å². The third-order valence-corrected chi connectivity index (χ3v) is 4.07. The summed E-state index contributed by atoms with van der Waals surface area (Å²) in [5.74, 6) is 0. The summed E-state index contributed by atoms with van der Waals surface area (Å²) in [5, 5.41) is 1.11. The van der Waals surface area contributed by atoms with Gasteiger partial charge in [0.25, 0.3) is 0 Å². The van der Waals surface area contributed by atoms with E-state index < -0.39 is 0 Å². The molecule has 0 radical (unpaired) electrons. The van der Waals surface area contributed by atoms with E-state index in [0.717, 1.165) is 26.6 Å². The average Bonchev–Trinajstić information content (AvgIpc) is 2.46. The number of para-hydroxylation sites is 1. The number of nitrogens with two attached hydrogens (primary N) is 1. The first-order valence-electron chi connectivity index (χ1n) is 6.52. The molecule has 2 nitrogen and oxygen atoms in total. The number of pyridine rings is 1. The van der Waals surface area contributed by atoms with Gasteiger partial charge in [0.15, 0.2) is 0 Å². The molecule has 20 heavy (non-hydrogen) atoms. The molecule has 0 fully saturated rings. The summed E-state index contributed by atoms with van der Waals surface area (Å²) in [6, 6.07) is 18.2.